The van der Waals surface area contributed by atoms with Crippen LogP contribution in [-0.2, 0) is 10.3 Å². The fraction of sp³-hybridized carbons (Fsp3) is 0.400. The molecule has 0 aliphatic carbocycles. The molecular formula is C10H10O2. The van der Waals surface area contributed by atoms with E-state index in [-0.39, 0.29) is 5.60 Å². The van der Waals surface area contributed by atoms with Crippen molar-refractivity contribution >= 4 is 0 Å². The topological polar surface area (TPSA) is 21.8 Å². The first-order valence-electron chi connectivity index (χ1n) is 4.27. The summed E-state index contributed by atoms with van der Waals surface area (Å²) in [5.41, 5.74) is 1.27. The van der Waals surface area contributed by atoms with Crippen LogP contribution < -0.4 is 4.74 Å². The van der Waals surface area contributed by atoms with Crippen molar-refractivity contribution in [2.45, 2.75) is 12.0 Å². The van der Waals surface area contributed by atoms with Gasteiger partial charge in [0.15, 0.2) is 0 Å². The van der Waals surface area contributed by atoms with Crippen LogP contribution in [0.4, 0.5) is 0 Å². The van der Waals surface area contributed by atoms with Gasteiger partial charge < -0.3 is 9.47 Å². The van der Waals surface area contributed by atoms with E-state index in [0.717, 1.165) is 25.4 Å². The molecule has 0 bridgehead atoms. The third-order valence-corrected chi connectivity index (χ3v) is 2.63. The minimum Gasteiger partial charge on any atom is -0.493 e. The van der Waals surface area contributed by atoms with Crippen LogP contribution in [0.5, 0.6) is 5.75 Å². The Kier molecular flexibility index (Phi) is 1.09. The molecule has 1 unspecified atom stereocenters. The number of rotatable bonds is 0. The Hall–Kier alpha value is -1.02. The number of hydrogen-bond acceptors (Lipinski definition) is 2. The smallest absolute Gasteiger partial charge is 0.125 e. The van der Waals surface area contributed by atoms with E-state index in [2.05, 4.69) is 6.07 Å². The highest BCUT2D eigenvalue weighted by atomic mass is 16.6. The summed E-state index contributed by atoms with van der Waals surface area (Å²) in [5, 5.41) is 0. The lowest BCUT2D eigenvalue weighted by Gasteiger charge is -2.22. The van der Waals surface area contributed by atoms with E-state index < -0.39 is 0 Å². The Balaban J connectivity index is 2.16. The molecular weight excluding hydrogens is 152 g/mol. The molecule has 1 saturated heterocycles. The van der Waals surface area contributed by atoms with Gasteiger partial charge in [-0.3, -0.25) is 0 Å². The van der Waals surface area contributed by atoms with Gasteiger partial charge in [-0.25, -0.2) is 0 Å². The van der Waals surface area contributed by atoms with Crippen molar-refractivity contribution in [3.8, 4) is 5.75 Å². The predicted octanol–water partition coefficient (Wildman–Crippen LogP) is 1.69. The zero-order valence-electron chi connectivity index (χ0n) is 6.75. The van der Waals surface area contributed by atoms with E-state index in [1.54, 1.807) is 0 Å². The van der Waals surface area contributed by atoms with Crippen LogP contribution in [0, 0.1) is 0 Å². The molecule has 0 aromatic heterocycles. The summed E-state index contributed by atoms with van der Waals surface area (Å²) >= 11 is 0. The largest absolute Gasteiger partial charge is 0.493 e. The molecule has 0 saturated carbocycles. The minimum absolute atomic E-state index is 0.0366. The lowest BCUT2D eigenvalue weighted by molar-refractivity contribution is 0.193. The van der Waals surface area contributed by atoms with E-state index in [4.69, 9.17) is 9.47 Å². The van der Waals surface area contributed by atoms with Crippen molar-refractivity contribution in [3.63, 3.8) is 0 Å². The van der Waals surface area contributed by atoms with Gasteiger partial charge in [-0.15, -0.1) is 0 Å². The molecule has 0 N–H and O–H groups in total. The zero-order chi connectivity index (χ0) is 8.02. The van der Waals surface area contributed by atoms with Gasteiger partial charge in [-0.05, 0) is 6.07 Å². The molecule has 2 aliphatic rings. The molecule has 1 fully saturated rings. The molecule has 0 radical (unpaired) electrons. The first kappa shape index (κ1) is 6.49. The highest BCUT2D eigenvalue weighted by molar-refractivity contribution is 5.42. The highest BCUT2D eigenvalue weighted by Gasteiger charge is 2.49. The molecule has 12 heavy (non-hydrogen) atoms. The Morgan fingerprint density at radius 2 is 2.08 bits per heavy atom. The molecule has 0 amide bonds. The lowest BCUT2D eigenvalue weighted by Crippen LogP contribution is -2.20. The monoisotopic (exact) mass is 162 g/mol. The van der Waals surface area contributed by atoms with Crippen molar-refractivity contribution in [1.29, 1.82) is 0 Å². The quantitative estimate of drug-likeness (QED) is 0.541. The first-order valence-corrected chi connectivity index (χ1v) is 4.27. The fourth-order valence-corrected chi connectivity index (χ4v) is 1.82. The van der Waals surface area contributed by atoms with E-state index in [1.165, 1.54) is 5.56 Å². The van der Waals surface area contributed by atoms with Gasteiger partial charge in [0.1, 0.15) is 11.4 Å². The van der Waals surface area contributed by atoms with Gasteiger partial charge in [0.05, 0.1) is 13.2 Å². The molecule has 62 valence electrons. The van der Waals surface area contributed by atoms with Crippen LogP contribution in [0.15, 0.2) is 24.3 Å². The average molecular weight is 162 g/mol. The normalized spacial score (nSPS) is 31.0. The second kappa shape index (κ2) is 2.02. The molecule has 2 heteroatoms. The van der Waals surface area contributed by atoms with Crippen LogP contribution in [0.2, 0.25) is 0 Å². The Morgan fingerprint density at radius 1 is 1.25 bits per heavy atom. The number of benzene rings is 1. The fourth-order valence-electron chi connectivity index (χ4n) is 1.82. The summed E-state index contributed by atoms with van der Waals surface area (Å²) in [4.78, 5) is 0. The second-order valence-electron chi connectivity index (χ2n) is 3.38. The molecule has 1 atom stereocenters. The third-order valence-electron chi connectivity index (χ3n) is 2.63. The highest BCUT2D eigenvalue weighted by Crippen LogP contribution is 2.48. The van der Waals surface area contributed by atoms with Gasteiger partial charge in [-0.2, -0.15) is 0 Å². The predicted molar refractivity (Wildman–Crippen MR) is 44.2 cm³/mol. The number of hydrogen-bond donors (Lipinski definition) is 0. The standard InChI is InChI=1S/C10H10O2/c1-2-4-9-8(3-1)10(7-12-10)5-6-11-9/h1-4H,5-7H2. The van der Waals surface area contributed by atoms with Crippen LogP contribution in [-0.4, -0.2) is 13.2 Å². The summed E-state index contributed by atoms with van der Waals surface area (Å²) < 4.78 is 11.0. The van der Waals surface area contributed by atoms with Crippen LogP contribution in [0.25, 0.3) is 0 Å². The summed E-state index contributed by atoms with van der Waals surface area (Å²) in [6, 6.07) is 8.15. The number of epoxide rings is 1. The molecule has 2 heterocycles. The van der Waals surface area contributed by atoms with Gasteiger partial charge in [0.25, 0.3) is 0 Å². The average Bonchev–Trinajstić information content (AvgIpc) is 2.87. The van der Waals surface area contributed by atoms with Crippen molar-refractivity contribution in [2.75, 3.05) is 13.2 Å². The summed E-state index contributed by atoms with van der Waals surface area (Å²) in [6.45, 7) is 1.66. The maximum Gasteiger partial charge on any atom is 0.125 e. The van der Waals surface area contributed by atoms with E-state index in [9.17, 15) is 0 Å². The van der Waals surface area contributed by atoms with E-state index in [1.807, 2.05) is 18.2 Å². The van der Waals surface area contributed by atoms with Gasteiger partial charge >= 0.3 is 0 Å². The van der Waals surface area contributed by atoms with Gasteiger partial charge in [0.2, 0.25) is 0 Å². The van der Waals surface area contributed by atoms with Crippen molar-refractivity contribution in [2.24, 2.45) is 0 Å². The van der Waals surface area contributed by atoms with Gasteiger partial charge in [0, 0.05) is 12.0 Å². The summed E-state index contributed by atoms with van der Waals surface area (Å²) in [5.74, 6) is 1.00. The molecule has 1 aromatic rings. The minimum atomic E-state index is 0.0366. The third kappa shape index (κ3) is 0.730. The summed E-state index contributed by atoms with van der Waals surface area (Å²) in [6.07, 6.45) is 1.00. The summed E-state index contributed by atoms with van der Waals surface area (Å²) in [7, 11) is 0. The molecule has 1 aromatic carbocycles. The number of para-hydroxylation sites is 1. The first-order chi connectivity index (χ1) is 5.91. The Labute approximate surface area is 71.1 Å². The second-order valence-corrected chi connectivity index (χ2v) is 3.38. The molecule has 3 rings (SSSR count). The van der Waals surface area contributed by atoms with E-state index in [0.29, 0.717) is 0 Å². The van der Waals surface area contributed by atoms with Crippen molar-refractivity contribution in [3.05, 3.63) is 29.8 Å². The van der Waals surface area contributed by atoms with Crippen LogP contribution in [0.1, 0.15) is 12.0 Å². The number of ether oxygens (including phenoxy) is 2. The van der Waals surface area contributed by atoms with Gasteiger partial charge in [-0.1, -0.05) is 18.2 Å². The maximum absolute atomic E-state index is 5.52. The van der Waals surface area contributed by atoms with Crippen LogP contribution >= 0.6 is 0 Å². The SMILES string of the molecule is c1ccc2c(c1)OCCC21CO1. The van der Waals surface area contributed by atoms with Crippen LogP contribution in [0.3, 0.4) is 0 Å². The van der Waals surface area contributed by atoms with Crippen molar-refractivity contribution < 1.29 is 9.47 Å². The maximum atomic E-state index is 5.52. The molecule has 2 nitrogen and oxygen atoms in total. The zero-order valence-corrected chi connectivity index (χ0v) is 6.75. The Bertz CT molecular complexity index is 315. The van der Waals surface area contributed by atoms with Crippen molar-refractivity contribution in [1.82, 2.24) is 0 Å². The lowest BCUT2D eigenvalue weighted by atomic mass is 9.94. The molecule has 2 aliphatic heterocycles. The number of fused-ring (bicyclic) bond motifs is 2. The molecule has 1 spiro atoms. The van der Waals surface area contributed by atoms with E-state index >= 15 is 0 Å². The Morgan fingerprint density at radius 3 is 2.92 bits per heavy atom.